The molecule has 0 bridgehead atoms. The lowest BCUT2D eigenvalue weighted by Crippen LogP contribution is -2.53. The van der Waals surface area contributed by atoms with Gasteiger partial charge in [-0.3, -0.25) is 9.59 Å². The fourth-order valence-electron chi connectivity index (χ4n) is 3.95. The topological polar surface area (TPSA) is 86.8 Å². The Bertz CT molecular complexity index is 1320. The zero-order valence-corrected chi connectivity index (χ0v) is 22.1. The van der Waals surface area contributed by atoms with Crippen molar-refractivity contribution in [3.63, 3.8) is 0 Å². The monoisotopic (exact) mass is 537 g/mol. The number of hydrogen-bond donors (Lipinski definition) is 1. The smallest absolute Gasteiger partial charge is 0.243 e. The van der Waals surface area contributed by atoms with Gasteiger partial charge >= 0.3 is 0 Å². The van der Waals surface area contributed by atoms with Crippen molar-refractivity contribution < 1.29 is 22.4 Å². The number of rotatable bonds is 13. The van der Waals surface area contributed by atoms with E-state index in [-0.39, 0.29) is 26.1 Å². The molecule has 0 aromatic heterocycles. The largest absolute Gasteiger partial charge is 0.351 e. The number of benzene rings is 3. The number of nitrogens with one attached hydrogen (secondary N) is 1. The van der Waals surface area contributed by atoms with Crippen molar-refractivity contribution in [2.45, 2.75) is 25.6 Å². The molecule has 1 N–H and O–H groups in total. The minimum absolute atomic E-state index is 0.00180. The highest BCUT2D eigenvalue weighted by Crippen LogP contribution is 2.17. The third-order valence-corrected chi connectivity index (χ3v) is 7.14. The van der Waals surface area contributed by atoms with Crippen molar-refractivity contribution in [2.24, 2.45) is 0 Å². The van der Waals surface area contributed by atoms with Crippen LogP contribution >= 0.6 is 0 Å². The molecule has 3 aromatic rings. The molecule has 0 saturated carbocycles. The predicted molar refractivity (Wildman–Crippen MR) is 146 cm³/mol. The van der Waals surface area contributed by atoms with Gasteiger partial charge < -0.3 is 10.2 Å². The zero-order valence-electron chi connectivity index (χ0n) is 21.3. The van der Waals surface area contributed by atoms with Gasteiger partial charge in [-0.1, -0.05) is 78.9 Å². The third-order valence-electron chi connectivity index (χ3n) is 5.94. The Labute approximate surface area is 223 Å². The predicted octanol–water partition coefficient (Wildman–Crippen LogP) is 3.53. The Morgan fingerprint density at radius 1 is 0.895 bits per heavy atom. The molecule has 2 amide bonds. The van der Waals surface area contributed by atoms with E-state index in [4.69, 9.17) is 0 Å². The summed E-state index contributed by atoms with van der Waals surface area (Å²) in [6, 6.07) is 22.9. The molecule has 9 heteroatoms. The molecular weight excluding hydrogens is 505 g/mol. The fourth-order valence-corrected chi connectivity index (χ4v) is 4.68. The van der Waals surface area contributed by atoms with Gasteiger partial charge in [-0.25, -0.2) is 12.8 Å². The molecule has 0 unspecified atom stereocenters. The first-order valence-electron chi connectivity index (χ1n) is 12.1. The van der Waals surface area contributed by atoms with Crippen molar-refractivity contribution in [1.29, 1.82) is 0 Å². The summed E-state index contributed by atoms with van der Waals surface area (Å²) in [6.45, 7) is 3.36. The molecule has 0 saturated heterocycles. The normalized spacial score (nSPS) is 12.1. The van der Waals surface area contributed by atoms with Crippen LogP contribution in [0, 0.1) is 5.82 Å². The van der Waals surface area contributed by atoms with Crippen molar-refractivity contribution in [2.75, 3.05) is 19.3 Å². The molecular formula is C29H32FN3O4S. The summed E-state index contributed by atoms with van der Waals surface area (Å²) in [5, 5.41) is 2.76. The molecule has 0 aliphatic heterocycles. The molecule has 1 atom stereocenters. The Morgan fingerprint density at radius 2 is 1.45 bits per heavy atom. The van der Waals surface area contributed by atoms with Crippen LogP contribution in [-0.4, -0.2) is 54.8 Å². The number of halogens is 1. The maximum Gasteiger partial charge on any atom is 0.243 e. The summed E-state index contributed by atoms with van der Waals surface area (Å²) in [5.41, 5.74) is 2.15. The molecule has 38 heavy (non-hydrogen) atoms. The summed E-state index contributed by atoms with van der Waals surface area (Å²) in [5.74, 6) is -1.38. The molecule has 200 valence electrons. The van der Waals surface area contributed by atoms with E-state index >= 15 is 0 Å². The van der Waals surface area contributed by atoms with Crippen LogP contribution in [0.25, 0.3) is 0 Å². The molecule has 0 fully saturated rings. The molecule has 0 heterocycles. The molecule has 3 rings (SSSR count). The number of carbonyl (C=O) groups excluding carboxylic acids is 2. The maximum atomic E-state index is 13.8. The highest BCUT2D eigenvalue weighted by Gasteiger charge is 2.32. The lowest BCUT2D eigenvalue weighted by atomic mass is 10.0. The summed E-state index contributed by atoms with van der Waals surface area (Å²) in [6.07, 6.45) is 2.79. The number of nitrogens with zero attached hydrogens (tertiary/aromatic N) is 2. The molecule has 3 aromatic carbocycles. The van der Waals surface area contributed by atoms with Gasteiger partial charge in [-0.2, -0.15) is 4.31 Å². The van der Waals surface area contributed by atoms with E-state index in [9.17, 15) is 22.4 Å². The van der Waals surface area contributed by atoms with E-state index in [1.165, 1.54) is 35.2 Å². The van der Waals surface area contributed by atoms with E-state index in [0.717, 1.165) is 21.7 Å². The van der Waals surface area contributed by atoms with E-state index in [1.54, 1.807) is 24.3 Å². The first-order chi connectivity index (χ1) is 18.2. The molecule has 0 radical (unpaired) electrons. The second-order valence-electron chi connectivity index (χ2n) is 8.90. The van der Waals surface area contributed by atoms with Crippen LogP contribution in [0.2, 0.25) is 0 Å². The van der Waals surface area contributed by atoms with Crippen LogP contribution < -0.4 is 5.32 Å². The van der Waals surface area contributed by atoms with Crippen molar-refractivity contribution in [3.8, 4) is 0 Å². The highest BCUT2D eigenvalue weighted by atomic mass is 32.2. The second-order valence-corrected chi connectivity index (χ2v) is 10.9. The minimum atomic E-state index is -3.77. The summed E-state index contributed by atoms with van der Waals surface area (Å²) in [4.78, 5) is 28.5. The van der Waals surface area contributed by atoms with Gasteiger partial charge in [0.05, 0.1) is 12.8 Å². The van der Waals surface area contributed by atoms with Crippen molar-refractivity contribution in [1.82, 2.24) is 14.5 Å². The number of sulfonamides is 1. The van der Waals surface area contributed by atoms with Gasteiger partial charge in [-0.15, -0.1) is 6.58 Å². The van der Waals surface area contributed by atoms with Crippen LogP contribution in [0.4, 0.5) is 4.39 Å². The quantitative estimate of drug-likeness (QED) is 0.338. The number of amides is 2. The Balaban J connectivity index is 1.98. The molecule has 0 aliphatic carbocycles. The fraction of sp³-hybridized carbons (Fsp3) is 0.241. The van der Waals surface area contributed by atoms with Crippen LogP contribution in [-0.2, 0) is 39.1 Å². The minimum Gasteiger partial charge on any atom is -0.351 e. The van der Waals surface area contributed by atoms with Crippen LogP contribution in [0.5, 0.6) is 0 Å². The first-order valence-corrected chi connectivity index (χ1v) is 14.0. The summed E-state index contributed by atoms with van der Waals surface area (Å²) < 4.78 is 40.0. The lowest BCUT2D eigenvalue weighted by Gasteiger charge is -2.33. The van der Waals surface area contributed by atoms with Crippen LogP contribution in [0.1, 0.15) is 16.7 Å². The number of hydrogen-bond acceptors (Lipinski definition) is 4. The molecule has 0 aliphatic rings. The van der Waals surface area contributed by atoms with Gasteiger partial charge in [-0.05, 0) is 28.8 Å². The van der Waals surface area contributed by atoms with Crippen molar-refractivity contribution in [3.05, 3.63) is 120 Å². The van der Waals surface area contributed by atoms with E-state index in [1.807, 2.05) is 36.4 Å². The SMILES string of the molecule is C=CCNC(=O)[C@@H](Cc1ccccc1)N(Cc1ccc(F)cc1)C(=O)CN(Cc1ccccc1)S(C)(=O)=O. The Morgan fingerprint density at radius 3 is 2.00 bits per heavy atom. The van der Waals surface area contributed by atoms with Crippen LogP contribution in [0.15, 0.2) is 97.6 Å². The van der Waals surface area contributed by atoms with Gasteiger partial charge in [0.2, 0.25) is 21.8 Å². The lowest BCUT2D eigenvalue weighted by molar-refractivity contribution is -0.141. The third kappa shape index (κ3) is 8.64. The average Bonchev–Trinajstić information content (AvgIpc) is 2.90. The van der Waals surface area contributed by atoms with Crippen LogP contribution in [0.3, 0.4) is 0 Å². The number of carbonyl (C=O) groups is 2. The molecule has 0 spiro atoms. The zero-order chi connectivity index (χ0) is 27.5. The van der Waals surface area contributed by atoms with Crippen molar-refractivity contribution >= 4 is 21.8 Å². The summed E-state index contributed by atoms with van der Waals surface area (Å²) in [7, 11) is -3.77. The Hall–Kier alpha value is -3.82. The Kier molecular flexibility index (Phi) is 10.3. The second kappa shape index (κ2) is 13.6. The van der Waals surface area contributed by atoms with E-state index in [0.29, 0.717) is 5.56 Å². The highest BCUT2D eigenvalue weighted by molar-refractivity contribution is 7.88. The van der Waals surface area contributed by atoms with Gasteiger partial charge in [0.25, 0.3) is 0 Å². The van der Waals surface area contributed by atoms with Gasteiger partial charge in [0.1, 0.15) is 11.9 Å². The summed E-state index contributed by atoms with van der Waals surface area (Å²) >= 11 is 0. The standard InChI is InChI=1S/C29H32FN3O4S/c1-3-18-31-29(35)27(19-23-10-6-4-7-11-23)33(21-25-14-16-26(30)17-15-25)28(34)22-32(38(2,36)37)20-24-12-8-5-9-13-24/h3-17,27H,1,18-22H2,2H3,(H,31,35)/t27-/m1/s1. The first kappa shape index (κ1) is 28.7. The van der Waals surface area contributed by atoms with Gasteiger partial charge in [0, 0.05) is 26.1 Å². The molecule has 7 nitrogen and oxygen atoms in total. The van der Waals surface area contributed by atoms with E-state index < -0.39 is 40.2 Å². The van der Waals surface area contributed by atoms with E-state index in [2.05, 4.69) is 11.9 Å². The maximum absolute atomic E-state index is 13.8. The van der Waals surface area contributed by atoms with Gasteiger partial charge in [0.15, 0.2) is 0 Å². The average molecular weight is 538 g/mol.